The summed E-state index contributed by atoms with van der Waals surface area (Å²) in [7, 11) is 1.63. The number of ether oxygens (including phenoxy) is 1. The highest BCUT2D eigenvalue weighted by Crippen LogP contribution is 2.21. The lowest BCUT2D eigenvalue weighted by molar-refractivity contribution is 0.0772. The molecule has 1 amide bonds. The first kappa shape index (κ1) is 15.8. The van der Waals surface area contributed by atoms with Gasteiger partial charge in [0.1, 0.15) is 5.75 Å². The Morgan fingerprint density at radius 1 is 1.18 bits per heavy atom. The summed E-state index contributed by atoms with van der Waals surface area (Å²) < 4.78 is 5.20. The maximum Gasteiger partial charge on any atom is 0.255 e. The predicted molar refractivity (Wildman–Crippen MR) is 87.8 cm³/mol. The zero-order valence-electron chi connectivity index (χ0n) is 13.2. The Bertz CT molecular complexity index is 639. The number of benzene rings is 1. The van der Waals surface area contributed by atoms with E-state index >= 15 is 0 Å². The lowest BCUT2D eigenvalue weighted by Gasteiger charge is -2.18. The molecule has 116 valence electrons. The molecule has 0 fully saturated rings. The number of methoxy groups -OCH3 is 1. The Morgan fingerprint density at radius 3 is 2.64 bits per heavy atom. The van der Waals surface area contributed by atoms with Gasteiger partial charge in [-0.2, -0.15) is 0 Å². The van der Waals surface area contributed by atoms with Crippen molar-refractivity contribution in [3.8, 4) is 5.75 Å². The van der Waals surface area contributed by atoms with Gasteiger partial charge < -0.3 is 15.0 Å². The molecular formula is C17H21N3O2. The van der Waals surface area contributed by atoms with Gasteiger partial charge in [0.15, 0.2) is 0 Å². The smallest absolute Gasteiger partial charge is 0.255 e. The standard InChI is InChI=1S/C17H21N3O2/c1-4-20(5-2)17(21)13-9-15(12-18-11-13)19-14-7-6-8-16(10-14)22-3/h6-12,19H,4-5H2,1-3H3. The molecule has 5 nitrogen and oxygen atoms in total. The van der Waals surface area contributed by atoms with Crippen molar-refractivity contribution in [1.82, 2.24) is 9.88 Å². The van der Waals surface area contributed by atoms with Crippen molar-refractivity contribution in [2.24, 2.45) is 0 Å². The third-order valence-electron chi connectivity index (χ3n) is 3.39. The van der Waals surface area contributed by atoms with Gasteiger partial charge in [0.05, 0.1) is 24.6 Å². The fourth-order valence-corrected chi connectivity index (χ4v) is 2.19. The van der Waals surface area contributed by atoms with Crippen LogP contribution in [0.3, 0.4) is 0 Å². The summed E-state index contributed by atoms with van der Waals surface area (Å²) in [5.74, 6) is 0.764. The minimum atomic E-state index is -0.00760. The Morgan fingerprint density at radius 2 is 1.95 bits per heavy atom. The molecule has 2 aromatic rings. The number of hydrogen-bond donors (Lipinski definition) is 1. The van der Waals surface area contributed by atoms with Crippen molar-refractivity contribution in [1.29, 1.82) is 0 Å². The normalized spacial score (nSPS) is 10.1. The molecular weight excluding hydrogens is 278 g/mol. The highest BCUT2D eigenvalue weighted by molar-refractivity contribution is 5.94. The van der Waals surface area contributed by atoms with Crippen LogP contribution in [-0.2, 0) is 0 Å². The summed E-state index contributed by atoms with van der Waals surface area (Å²) >= 11 is 0. The quantitative estimate of drug-likeness (QED) is 0.889. The molecule has 2 rings (SSSR count). The second-order valence-corrected chi connectivity index (χ2v) is 4.80. The number of carbonyl (C=O) groups is 1. The van der Waals surface area contributed by atoms with Gasteiger partial charge in [-0.3, -0.25) is 9.78 Å². The zero-order chi connectivity index (χ0) is 15.9. The van der Waals surface area contributed by atoms with Gasteiger partial charge in [0, 0.05) is 31.0 Å². The van der Waals surface area contributed by atoms with Gasteiger partial charge >= 0.3 is 0 Å². The number of aromatic nitrogens is 1. The Hall–Kier alpha value is -2.56. The molecule has 0 aliphatic rings. The molecule has 0 saturated heterocycles. The van der Waals surface area contributed by atoms with E-state index in [-0.39, 0.29) is 5.91 Å². The number of hydrogen-bond acceptors (Lipinski definition) is 4. The van der Waals surface area contributed by atoms with Gasteiger partial charge in [0.2, 0.25) is 0 Å². The van der Waals surface area contributed by atoms with Crippen molar-refractivity contribution < 1.29 is 9.53 Å². The molecule has 22 heavy (non-hydrogen) atoms. The van der Waals surface area contributed by atoms with E-state index in [0.29, 0.717) is 18.7 Å². The van der Waals surface area contributed by atoms with Gasteiger partial charge in [-0.15, -0.1) is 0 Å². The largest absolute Gasteiger partial charge is 0.497 e. The van der Waals surface area contributed by atoms with Crippen LogP contribution in [0.15, 0.2) is 42.7 Å². The van der Waals surface area contributed by atoms with Gasteiger partial charge in [0.25, 0.3) is 5.91 Å². The topological polar surface area (TPSA) is 54.5 Å². The molecule has 0 unspecified atom stereocenters. The summed E-state index contributed by atoms with van der Waals surface area (Å²) in [6.07, 6.45) is 3.29. The Labute approximate surface area is 130 Å². The zero-order valence-corrected chi connectivity index (χ0v) is 13.2. The SMILES string of the molecule is CCN(CC)C(=O)c1cncc(Nc2cccc(OC)c2)c1. The third kappa shape index (κ3) is 3.75. The molecule has 0 aliphatic heterocycles. The van der Waals surface area contributed by atoms with Gasteiger partial charge in [-0.25, -0.2) is 0 Å². The van der Waals surface area contributed by atoms with Crippen molar-refractivity contribution in [3.63, 3.8) is 0 Å². The van der Waals surface area contributed by atoms with Crippen LogP contribution >= 0.6 is 0 Å². The number of amides is 1. The maximum absolute atomic E-state index is 12.4. The van der Waals surface area contributed by atoms with E-state index in [2.05, 4.69) is 10.3 Å². The molecule has 0 spiro atoms. The minimum Gasteiger partial charge on any atom is -0.497 e. The van der Waals surface area contributed by atoms with E-state index in [4.69, 9.17) is 4.74 Å². The maximum atomic E-state index is 12.4. The number of nitrogens with one attached hydrogen (secondary N) is 1. The number of nitrogens with zero attached hydrogens (tertiary/aromatic N) is 2. The van der Waals surface area contributed by atoms with Crippen molar-refractivity contribution in [3.05, 3.63) is 48.3 Å². The van der Waals surface area contributed by atoms with Crippen LogP contribution in [0, 0.1) is 0 Å². The van der Waals surface area contributed by atoms with Crippen LogP contribution in [0.25, 0.3) is 0 Å². The van der Waals surface area contributed by atoms with E-state index in [9.17, 15) is 4.79 Å². The summed E-state index contributed by atoms with van der Waals surface area (Å²) in [6.45, 7) is 5.30. The Balaban J connectivity index is 2.19. The molecule has 0 atom stereocenters. The first-order valence-corrected chi connectivity index (χ1v) is 7.33. The van der Waals surface area contributed by atoms with Gasteiger partial charge in [-0.05, 0) is 32.0 Å². The first-order chi connectivity index (χ1) is 10.7. The number of carbonyl (C=O) groups excluding carboxylic acids is 1. The fourth-order valence-electron chi connectivity index (χ4n) is 2.19. The van der Waals surface area contributed by atoms with Crippen molar-refractivity contribution >= 4 is 17.3 Å². The average molecular weight is 299 g/mol. The van der Waals surface area contributed by atoms with E-state index in [1.165, 1.54) is 0 Å². The molecule has 5 heteroatoms. The highest BCUT2D eigenvalue weighted by atomic mass is 16.5. The fraction of sp³-hybridized carbons (Fsp3) is 0.294. The summed E-state index contributed by atoms with van der Waals surface area (Å²) in [6, 6.07) is 9.41. The summed E-state index contributed by atoms with van der Waals surface area (Å²) in [4.78, 5) is 18.3. The van der Waals surface area contributed by atoms with Crippen LogP contribution in [0.5, 0.6) is 5.75 Å². The van der Waals surface area contributed by atoms with Crippen LogP contribution < -0.4 is 10.1 Å². The van der Waals surface area contributed by atoms with E-state index in [0.717, 1.165) is 17.1 Å². The highest BCUT2D eigenvalue weighted by Gasteiger charge is 2.13. The number of pyridine rings is 1. The molecule has 1 aromatic heterocycles. The van der Waals surface area contributed by atoms with Crippen LogP contribution in [-0.4, -0.2) is 36.0 Å². The lowest BCUT2D eigenvalue weighted by atomic mass is 10.2. The van der Waals surface area contributed by atoms with Crippen molar-refractivity contribution in [2.45, 2.75) is 13.8 Å². The molecule has 0 bridgehead atoms. The molecule has 1 N–H and O–H groups in total. The monoisotopic (exact) mass is 299 g/mol. The van der Waals surface area contributed by atoms with Crippen molar-refractivity contribution in [2.75, 3.05) is 25.5 Å². The lowest BCUT2D eigenvalue weighted by Crippen LogP contribution is -2.30. The van der Waals surface area contributed by atoms with E-state index in [1.54, 1.807) is 24.4 Å². The van der Waals surface area contributed by atoms with Crippen LogP contribution in [0.1, 0.15) is 24.2 Å². The molecule has 0 saturated carbocycles. The van der Waals surface area contributed by atoms with Crippen LogP contribution in [0.4, 0.5) is 11.4 Å². The predicted octanol–water partition coefficient (Wildman–Crippen LogP) is 3.32. The summed E-state index contributed by atoms with van der Waals surface area (Å²) in [5, 5.41) is 3.24. The van der Waals surface area contributed by atoms with E-state index < -0.39 is 0 Å². The first-order valence-electron chi connectivity index (χ1n) is 7.33. The minimum absolute atomic E-state index is 0.00760. The number of rotatable bonds is 6. The Kier molecular flexibility index (Phi) is 5.36. The number of anilines is 2. The van der Waals surface area contributed by atoms with Gasteiger partial charge in [-0.1, -0.05) is 6.07 Å². The second-order valence-electron chi connectivity index (χ2n) is 4.80. The third-order valence-corrected chi connectivity index (χ3v) is 3.39. The molecule has 1 heterocycles. The van der Waals surface area contributed by atoms with Crippen LogP contribution in [0.2, 0.25) is 0 Å². The molecule has 0 radical (unpaired) electrons. The molecule has 1 aromatic carbocycles. The van der Waals surface area contributed by atoms with E-state index in [1.807, 2.05) is 44.2 Å². The second kappa shape index (κ2) is 7.45. The molecule has 0 aliphatic carbocycles. The summed E-state index contributed by atoms with van der Waals surface area (Å²) in [5.41, 5.74) is 2.23. The average Bonchev–Trinajstić information content (AvgIpc) is 2.56.